The van der Waals surface area contributed by atoms with E-state index < -0.39 is 34.6 Å². The number of halogens is 5. The molecule has 0 amide bonds. The molecule has 1 saturated heterocycles. The van der Waals surface area contributed by atoms with Gasteiger partial charge < -0.3 is 9.64 Å². The van der Waals surface area contributed by atoms with E-state index in [0.717, 1.165) is 42.6 Å². The number of alkyl halides is 3. The lowest BCUT2D eigenvalue weighted by Crippen LogP contribution is -2.46. The predicted molar refractivity (Wildman–Crippen MR) is 113 cm³/mol. The van der Waals surface area contributed by atoms with Crippen LogP contribution in [0.25, 0.3) is 0 Å². The number of piperidine rings is 1. The Labute approximate surface area is 187 Å². The van der Waals surface area contributed by atoms with Crippen LogP contribution in [0.5, 0.6) is 5.75 Å². The zero-order valence-electron chi connectivity index (χ0n) is 18.0. The summed E-state index contributed by atoms with van der Waals surface area (Å²) in [5.74, 6) is -2.07. The number of nitrogens with zero attached hydrogens (tertiary/aromatic N) is 1. The molecular weight excluding hydrogens is 449 g/mol. The highest BCUT2D eigenvalue weighted by molar-refractivity contribution is 7.98. The summed E-state index contributed by atoms with van der Waals surface area (Å²) < 4.78 is 73.4. The molecule has 3 nitrogen and oxygen atoms in total. The van der Waals surface area contributed by atoms with Crippen LogP contribution >= 0.6 is 11.8 Å². The van der Waals surface area contributed by atoms with E-state index in [0.29, 0.717) is 19.4 Å². The number of ketones is 1. The molecule has 174 valence electrons. The van der Waals surface area contributed by atoms with Crippen LogP contribution in [0.1, 0.15) is 40.7 Å². The van der Waals surface area contributed by atoms with Gasteiger partial charge in [0, 0.05) is 29.3 Å². The maximum Gasteiger partial charge on any atom is 0.416 e. The first kappa shape index (κ1) is 24.5. The van der Waals surface area contributed by atoms with Crippen molar-refractivity contribution >= 4 is 17.5 Å². The molecule has 2 aromatic carbocycles. The number of hydrogen-bond donors (Lipinski definition) is 0. The number of ether oxygens (including phenoxy) is 1. The van der Waals surface area contributed by atoms with Crippen molar-refractivity contribution in [2.75, 3.05) is 33.5 Å². The summed E-state index contributed by atoms with van der Waals surface area (Å²) in [6, 6.07) is 5.05. The van der Waals surface area contributed by atoms with Gasteiger partial charge in [-0.05, 0) is 56.5 Å². The Morgan fingerprint density at radius 3 is 2.50 bits per heavy atom. The maximum atomic E-state index is 14.8. The minimum absolute atomic E-state index is 0.0446. The van der Waals surface area contributed by atoms with Crippen molar-refractivity contribution in [3.8, 4) is 5.75 Å². The third-order valence-electron chi connectivity index (χ3n) is 5.88. The molecule has 0 aromatic heterocycles. The van der Waals surface area contributed by atoms with E-state index in [4.69, 9.17) is 4.74 Å². The minimum atomic E-state index is -4.59. The number of rotatable bonds is 6. The Kier molecular flexibility index (Phi) is 7.19. The molecule has 1 heterocycles. The number of likely N-dealkylation sites (tertiary alicyclic amines) is 1. The van der Waals surface area contributed by atoms with Gasteiger partial charge >= 0.3 is 6.18 Å². The van der Waals surface area contributed by atoms with Crippen LogP contribution in [0.4, 0.5) is 22.0 Å². The van der Waals surface area contributed by atoms with Crippen molar-refractivity contribution in [3.63, 3.8) is 0 Å². The van der Waals surface area contributed by atoms with Crippen LogP contribution in [0.2, 0.25) is 0 Å². The molecule has 1 atom stereocenters. The lowest BCUT2D eigenvalue weighted by Gasteiger charge is -2.42. The summed E-state index contributed by atoms with van der Waals surface area (Å²) >= 11 is 1.01. The molecule has 0 N–H and O–H groups in total. The fourth-order valence-electron chi connectivity index (χ4n) is 4.49. The minimum Gasteiger partial charge on any atom is -0.496 e. The van der Waals surface area contributed by atoms with E-state index in [-0.39, 0.29) is 28.2 Å². The Hall–Kier alpha value is -2.13. The van der Waals surface area contributed by atoms with Gasteiger partial charge in [0.15, 0.2) is 5.78 Å². The monoisotopic (exact) mass is 473 g/mol. The molecular formula is C23H24F5NO2S. The van der Waals surface area contributed by atoms with Gasteiger partial charge in [-0.25, -0.2) is 8.78 Å². The van der Waals surface area contributed by atoms with Gasteiger partial charge in [0.2, 0.25) is 0 Å². The molecule has 0 radical (unpaired) electrons. The van der Waals surface area contributed by atoms with Gasteiger partial charge in [0.25, 0.3) is 0 Å². The maximum absolute atomic E-state index is 14.8. The Balaban J connectivity index is 2.09. The van der Waals surface area contributed by atoms with Gasteiger partial charge in [-0.2, -0.15) is 13.2 Å². The average Bonchev–Trinajstić information content (AvgIpc) is 2.71. The second-order valence-corrected chi connectivity index (χ2v) is 8.95. The van der Waals surface area contributed by atoms with Gasteiger partial charge in [0.1, 0.15) is 17.4 Å². The summed E-state index contributed by atoms with van der Waals surface area (Å²) in [7, 11) is 3.06. The van der Waals surface area contributed by atoms with Crippen LogP contribution < -0.4 is 4.74 Å². The second kappa shape index (κ2) is 9.39. The highest BCUT2D eigenvalue weighted by Gasteiger charge is 2.41. The van der Waals surface area contributed by atoms with E-state index in [1.165, 1.54) is 13.2 Å². The number of carbonyl (C=O) groups is 1. The highest BCUT2D eigenvalue weighted by atomic mass is 32.2. The van der Waals surface area contributed by atoms with Crippen molar-refractivity contribution in [3.05, 3.63) is 58.7 Å². The standard InChI is InChI=1S/C23H24F5NO2S/c1-29-8-4-7-22(13-29,16-6-5-15(24)11-17(16)25)12-18(30)21-19(31-2)9-14(23(26,27)28)10-20(21)32-3/h5-6,9-11H,4,7-8,12-13H2,1-3H3. The molecule has 9 heteroatoms. The molecule has 0 saturated carbocycles. The number of Topliss-reactive ketones (excluding diaryl/α,β-unsaturated/α-hetero) is 1. The first-order valence-corrected chi connectivity index (χ1v) is 11.2. The summed E-state index contributed by atoms with van der Waals surface area (Å²) in [4.78, 5) is 15.6. The number of carbonyl (C=O) groups excluding carboxylic acids is 1. The van der Waals surface area contributed by atoms with Gasteiger partial charge in [-0.1, -0.05) is 6.07 Å². The number of thioether (sulfide) groups is 1. The zero-order chi connectivity index (χ0) is 23.7. The fraction of sp³-hybridized carbons (Fsp3) is 0.435. The number of likely N-dealkylation sites (N-methyl/N-ethyl adjacent to an activating group) is 1. The summed E-state index contributed by atoms with van der Waals surface area (Å²) in [5, 5.41) is 0. The average molecular weight is 474 g/mol. The molecule has 0 bridgehead atoms. The van der Waals surface area contributed by atoms with Crippen LogP contribution in [0.15, 0.2) is 35.2 Å². The molecule has 1 fully saturated rings. The van der Waals surface area contributed by atoms with Crippen molar-refractivity contribution in [1.82, 2.24) is 4.90 Å². The van der Waals surface area contributed by atoms with Crippen molar-refractivity contribution < 1.29 is 31.5 Å². The van der Waals surface area contributed by atoms with Crippen molar-refractivity contribution in [2.24, 2.45) is 0 Å². The van der Waals surface area contributed by atoms with Crippen LogP contribution in [0.3, 0.4) is 0 Å². The van der Waals surface area contributed by atoms with Gasteiger partial charge in [-0.3, -0.25) is 4.79 Å². The molecule has 32 heavy (non-hydrogen) atoms. The van der Waals surface area contributed by atoms with Crippen LogP contribution in [0, 0.1) is 11.6 Å². The normalized spacial score (nSPS) is 19.8. The van der Waals surface area contributed by atoms with E-state index in [2.05, 4.69) is 0 Å². The molecule has 0 aliphatic carbocycles. The molecule has 1 aliphatic rings. The van der Waals surface area contributed by atoms with Crippen LogP contribution in [-0.2, 0) is 11.6 Å². The lowest BCUT2D eigenvalue weighted by atomic mass is 9.70. The molecule has 2 aromatic rings. The fourth-order valence-corrected chi connectivity index (χ4v) is 5.15. The second-order valence-electron chi connectivity index (χ2n) is 8.10. The summed E-state index contributed by atoms with van der Waals surface area (Å²) in [6.07, 6.45) is -1.97. The molecule has 1 aliphatic heterocycles. The molecule has 1 unspecified atom stereocenters. The Bertz CT molecular complexity index is 985. The Morgan fingerprint density at radius 2 is 1.94 bits per heavy atom. The van der Waals surface area contributed by atoms with E-state index in [9.17, 15) is 26.7 Å². The molecule has 0 spiro atoms. The Morgan fingerprint density at radius 1 is 1.22 bits per heavy atom. The first-order chi connectivity index (χ1) is 15.0. The topological polar surface area (TPSA) is 29.5 Å². The van der Waals surface area contributed by atoms with E-state index >= 15 is 0 Å². The quantitative estimate of drug-likeness (QED) is 0.295. The highest BCUT2D eigenvalue weighted by Crippen LogP contribution is 2.43. The number of benzene rings is 2. The SMILES string of the molecule is COc1cc(C(F)(F)F)cc(SC)c1C(=O)CC1(c2ccc(F)cc2F)CCCN(C)C1. The largest absolute Gasteiger partial charge is 0.496 e. The number of methoxy groups -OCH3 is 1. The van der Waals surface area contributed by atoms with E-state index in [1.54, 1.807) is 6.26 Å². The van der Waals surface area contributed by atoms with Crippen molar-refractivity contribution in [1.29, 1.82) is 0 Å². The number of hydrogen-bond acceptors (Lipinski definition) is 4. The third kappa shape index (κ3) is 4.93. The van der Waals surface area contributed by atoms with Crippen molar-refractivity contribution in [2.45, 2.75) is 35.7 Å². The summed E-state index contributed by atoms with van der Waals surface area (Å²) in [6.45, 7) is 1.12. The van der Waals surface area contributed by atoms with Crippen LogP contribution in [-0.4, -0.2) is 44.2 Å². The van der Waals surface area contributed by atoms with E-state index in [1.807, 2.05) is 11.9 Å². The third-order valence-corrected chi connectivity index (χ3v) is 6.64. The molecule has 3 rings (SSSR count). The zero-order valence-corrected chi connectivity index (χ0v) is 18.8. The lowest BCUT2D eigenvalue weighted by molar-refractivity contribution is -0.137. The first-order valence-electron chi connectivity index (χ1n) is 10.0. The predicted octanol–water partition coefficient (Wildman–Crippen LogP) is 5.95. The van der Waals surface area contributed by atoms with Gasteiger partial charge in [0.05, 0.1) is 18.2 Å². The summed E-state index contributed by atoms with van der Waals surface area (Å²) in [5.41, 5.74) is -1.57. The van der Waals surface area contributed by atoms with Gasteiger partial charge in [-0.15, -0.1) is 11.8 Å². The smallest absolute Gasteiger partial charge is 0.416 e.